The van der Waals surface area contributed by atoms with Crippen LogP contribution in [0.4, 0.5) is 4.79 Å². The summed E-state index contributed by atoms with van der Waals surface area (Å²) in [6.07, 6.45) is 4.76. The molecule has 1 aromatic carbocycles. The van der Waals surface area contributed by atoms with Crippen LogP contribution >= 0.6 is 0 Å². The summed E-state index contributed by atoms with van der Waals surface area (Å²) in [6, 6.07) is 4.38. The van der Waals surface area contributed by atoms with Crippen LogP contribution in [-0.2, 0) is 14.3 Å². The van der Waals surface area contributed by atoms with Crippen molar-refractivity contribution in [1.29, 1.82) is 0 Å². The molecule has 3 amide bonds. The second-order valence-electron chi connectivity index (χ2n) is 11.2. The highest BCUT2D eigenvalue weighted by Crippen LogP contribution is 2.38. The maximum absolute atomic E-state index is 14.2. The molecule has 1 aliphatic rings. The minimum atomic E-state index is -0.787. The lowest BCUT2D eigenvalue weighted by molar-refractivity contribution is -0.144. The summed E-state index contributed by atoms with van der Waals surface area (Å²) in [6.45, 7) is 16.0. The van der Waals surface area contributed by atoms with Crippen molar-refractivity contribution in [2.75, 3.05) is 6.54 Å². The predicted octanol–water partition coefficient (Wildman–Crippen LogP) is 5.58. The van der Waals surface area contributed by atoms with Crippen LogP contribution in [0.3, 0.4) is 0 Å². The molecule has 1 fully saturated rings. The lowest BCUT2D eigenvalue weighted by Crippen LogP contribution is -2.56. The molecule has 1 aliphatic carbocycles. The Kier molecular flexibility index (Phi) is 10.8. The van der Waals surface area contributed by atoms with Crippen molar-refractivity contribution in [3.8, 4) is 0 Å². The van der Waals surface area contributed by atoms with E-state index in [-0.39, 0.29) is 23.8 Å². The van der Waals surface area contributed by atoms with Crippen molar-refractivity contribution >= 4 is 17.9 Å². The van der Waals surface area contributed by atoms with Gasteiger partial charge in [-0.2, -0.15) is 0 Å². The number of benzene rings is 1. The number of carbonyl (C=O) groups excluding carboxylic acids is 3. The third-order valence-electron chi connectivity index (χ3n) is 6.77. The summed E-state index contributed by atoms with van der Waals surface area (Å²) in [5.41, 5.74) is 2.14. The quantitative estimate of drug-likeness (QED) is 0.366. The number of rotatable bonds is 12. The van der Waals surface area contributed by atoms with E-state index < -0.39 is 23.8 Å². The Morgan fingerprint density at radius 1 is 1.08 bits per heavy atom. The van der Waals surface area contributed by atoms with Gasteiger partial charge in [0.25, 0.3) is 0 Å². The number of hydrogen-bond acceptors (Lipinski definition) is 4. The van der Waals surface area contributed by atoms with E-state index in [1.165, 1.54) is 0 Å². The first-order chi connectivity index (χ1) is 16.9. The van der Waals surface area contributed by atoms with Gasteiger partial charge in [0.05, 0.1) is 0 Å². The van der Waals surface area contributed by atoms with Crippen LogP contribution < -0.4 is 10.6 Å². The van der Waals surface area contributed by atoms with Crippen LogP contribution in [0.2, 0.25) is 0 Å². The summed E-state index contributed by atoms with van der Waals surface area (Å²) in [5, 5.41) is 5.94. The molecule has 0 aliphatic heterocycles. The van der Waals surface area contributed by atoms with Crippen LogP contribution in [0.5, 0.6) is 0 Å². The van der Waals surface area contributed by atoms with Crippen molar-refractivity contribution in [1.82, 2.24) is 15.5 Å². The van der Waals surface area contributed by atoms with Gasteiger partial charge < -0.3 is 20.3 Å². The summed E-state index contributed by atoms with van der Waals surface area (Å²) >= 11 is 0. The molecule has 3 unspecified atom stereocenters. The van der Waals surface area contributed by atoms with Gasteiger partial charge in [0, 0.05) is 12.6 Å². The second kappa shape index (κ2) is 13.1. The Morgan fingerprint density at radius 2 is 1.69 bits per heavy atom. The highest BCUT2D eigenvalue weighted by atomic mass is 16.6. The van der Waals surface area contributed by atoms with Crippen LogP contribution in [0.15, 0.2) is 18.2 Å². The second-order valence-corrected chi connectivity index (χ2v) is 11.2. The highest BCUT2D eigenvalue weighted by Gasteiger charge is 2.45. The van der Waals surface area contributed by atoms with Crippen LogP contribution in [-0.4, -0.2) is 47.0 Å². The van der Waals surface area contributed by atoms with Crippen molar-refractivity contribution in [3.63, 3.8) is 0 Å². The minimum absolute atomic E-state index is 0.0325. The van der Waals surface area contributed by atoms with Crippen molar-refractivity contribution in [2.24, 2.45) is 5.92 Å². The van der Waals surface area contributed by atoms with Crippen LogP contribution in [0, 0.1) is 19.8 Å². The topological polar surface area (TPSA) is 87.7 Å². The number of nitrogens with zero attached hydrogens (tertiary/aromatic N) is 1. The molecule has 7 heteroatoms. The van der Waals surface area contributed by atoms with E-state index in [2.05, 4.69) is 17.6 Å². The number of unbranched alkanes of at least 4 members (excludes halogenated alkanes) is 2. The number of aryl methyl sites for hydroxylation is 2. The standard InChI is InChI=1S/C29H47N3O4/c1-9-11-12-18-30-26(33)25(23-20(4)14-13-15-21(23)5)32(22-16-17-22)27(34)24(19(3)10-2)31-28(35)36-29(6,7)8/h13-15,19,22,24-25H,9-12,16-18H2,1-8H3,(H,30,33)(H,31,35). The molecule has 202 valence electrons. The lowest BCUT2D eigenvalue weighted by atomic mass is 9.91. The summed E-state index contributed by atoms with van der Waals surface area (Å²) in [5.74, 6) is -0.518. The van der Waals surface area contributed by atoms with Gasteiger partial charge in [0.1, 0.15) is 17.7 Å². The van der Waals surface area contributed by atoms with Crippen LogP contribution in [0.1, 0.15) is 103 Å². The van der Waals surface area contributed by atoms with E-state index in [9.17, 15) is 14.4 Å². The van der Waals surface area contributed by atoms with E-state index in [0.717, 1.165) is 48.8 Å². The van der Waals surface area contributed by atoms with Crippen molar-refractivity contribution in [2.45, 2.75) is 118 Å². The number of hydrogen-bond donors (Lipinski definition) is 2. The SMILES string of the molecule is CCCCCNC(=O)C(c1c(C)cccc1C)N(C(=O)C(NC(=O)OC(C)(C)C)C(C)CC)C1CC1. The first kappa shape index (κ1) is 29.7. The van der Waals surface area contributed by atoms with Gasteiger partial charge in [-0.25, -0.2) is 4.79 Å². The Hall–Kier alpha value is -2.57. The normalized spacial score (nSPS) is 16.0. The Bertz CT molecular complexity index is 884. The monoisotopic (exact) mass is 501 g/mol. The average molecular weight is 502 g/mol. The van der Waals surface area contributed by atoms with Gasteiger partial charge >= 0.3 is 6.09 Å². The maximum atomic E-state index is 14.2. The van der Waals surface area contributed by atoms with E-state index in [0.29, 0.717) is 13.0 Å². The maximum Gasteiger partial charge on any atom is 0.408 e. The number of amides is 3. The van der Waals surface area contributed by atoms with Crippen molar-refractivity contribution < 1.29 is 19.1 Å². The Morgan fingerprint density at radius 3 is 2.19 bits per heavy atom. The number of alkyl carbamates (subject to hydrolysis) is 1. The predicted molar refractivity (Wildman–Crippen MR) is 144 cm³/mol. The molecule has 7 nitrogen and oxygen atoms in total. The summed E-state index contributed by atoms with van der Waals surface area (Å²) in [7, 11) is 0. The molecule has 0 heterocycles. The highest BCUT2D eigenvalue weighted by molar-refractivity contribution is 5.93. The van der Waals surface area contributed by atoms with Gasteiger partial charge in [0.2, 0.25) is 11.8 Å². The zero-order valence-electron chi connectivity index (χ0n) is 23.6. The molecule has 0 spiro atoms. The summed E-state index contributed by atoms with van der Waals surface area (Å²) in [4.78, 5) is 42.4. The molecule has 1 aromatic rings. The summed E-state index contributed by atoms with van der Waals surface area (Å²) < 4.78 is 5.48. The number of nitrogens with one attached hydrogen (secondary N) is 2. The Balaban J connectivity index is 2.47. The third kappa shape index (κ3) is 8.24. The first-order valence-electron chi connectivity index (χ1n) is 13.6. The van der Waals surface area contributed by atoms with E-state index >= 15 is 0 Å². The molecule has 0 bridgehead atoms. The average Bonchev–Trinajstić information content (AvgIpc) is 3.62. The molecule has 0 saturated heterocycles. The minimum Gasteiger partial charge on any atom is -0.444 e. The first-order valence-corrected chi connectivity index (χ1v) is 13.6. The smallest absolute Gasteiger partial charge is 0.408 e. The fraction of sp³-hybridized carbons (Fsp3) is 0.690. The number of carbonyl (C=O) groups is 3. The molecular weight excluding hydrogens is 454 g/mol. The van der Waals surface area contributed by atoms with Gasteiger partial charge in [-0.3, -0.25) is 9.59 Å². The van der Waals surface area contributed by atoms with Gasteiger partial charge in [0.15, 0.2) is 0 Å². The molecule has 36 heavy (non-hydrogen) atoms. The molecule has 0 radical (unpaired) electrons. The lowest BCUT2D eigenvalue weighted by Gasteiger charge is -2.37. The van der Waals surface area contributed by atoms with Gasteiger partial charge in [-0.05, 0) is 76.5 Å². The van der Waals surface area contributed by atoms with Gasteiger partial charge in [-0.1, -0.05) is 58.2 Å². The molecule has 2 N–H and O–H groups in total. The molecule has 2 rings (SSSR count). The Labute approximate surface area is 217 Å². The van der Waals surface area contributed by atoms with E-state index in [1.54, 1.807) is 25.7 Å². The zero-order chi connectivity index (χ0) is 27.0. The molecule has 3 atom stereocenters. The fourth-order valence-electron chi connectivity index (χ4n) is 4.49. The molecule has 1 saturated carbocycles. The zero-order valence-corrected chi connectivity index (χ0v) is 23.6. The fourth-order valence-corrected chi connectivity index (χ4v) is 4.49. The largest absolute Gasteiger partial charge is 0.444 e. The van der Waals surface area contributed by atoms with E-state index in [1.807, 2.05) is 45.9 Å². The van der Waals surface area contributed by atoms with Crippen molar-refractivity contribution in [3.05, 3.63) is 34.9 Å². The van der Waals surface area contributed by atoms with E-state index in [4.69, 9.17) is 4.74 Å². The molecule has 0 aromatic heterocycles. The third-order valence-corrected chi connectivity index (χ3v) is 6.77. The molecular formula is C29H47N3O4. The van der Waals surface area contributed by atoms with Crippen LogP contribution in [0.25, 0.3) is 0 Å². The van der Waals surface area contributed by atoms with Gasteiger partial charge in [-0.15, -0.1) is 0 Å². The number of ether oxygens (including phenoxy) is 1.